The number of amides is 2. The average molecular weight is 687 g/mol. The molecule has 0 atom stereocenters. The first kappa shape index (κ1) is 34.8. The minimum atomic E-state index is -0.833. The monoisotopic (exact) mass is 686 g/mol. The average Bonchev–Trinajstić information content (AvgIpc) is 3.96. The fourth-order valence-electron chi connectivity index (χ4n) is 4.74. The summed E-state index contributed by atoms with van der Waals surface area (Å²) in [5.41, 5.74) is 13.0. The van der Waals surface area contributed by atoms with E-state index in [4.69, 9.17) is 27.2 Å². The largest absolute Gasteiger partial charge is 0.481 e. The highest BCUT2D eigenvalue weighted by Crippen LogP contribution is 2.29. The zero-order chi connectivity index (χ0) is 35.1. The summed E-state index contributed by atoms with van der Waals surface area (Å²) in [7, 11) is 0. The Kier molecular flexibility index (Phi) is 11.1. The first-order valence-corrected chi connectivity index (χ1v) is 16.2. The van der Waals surface area contributed by atoms with Crippen LogP contribution in [-0.4, -0.2) is 54.9 Å². The van der Waals surface area contributed by atoms with Crippen LogP contribution in [0, 0.1) is 13.8 Å². The van der Waals surface area contributed by atoms with E-state index in [1.807, 2.05) is 50.4 Å². The van der Waals surface area contributed by atoms with Gasteiger partial charge >= 0.3 is 0 Å². The van der Waals surface area contributed by atoms with Crippen LogP contribution in [0.5, 0.6) is 0 Å². The van der Waals surface area contributed by atoms with Crippen LogP contribution < -0.4 is 32.3 Å². The quantitative estimate of drug-likeness (QED) is 0.0996. The second-order valence-electron chi connectivity index (χ2n) is 12.1. The number of carboxylic acids is 1. The molecule has 4 heterocycles. The highest BCUT2D eigenvalue weighted by Gasteiger charge is 2.23. The molecule has 2 aliphatic carbocycles. The Morgan fingerprint density at radius 1 is 0.837 bits per heavy atom. The Hall–Kier alpha value is -5.50. The van der Waals surface area contributed by atoms with Gasteiger partial charge in [-0.15, -0.1) is 0 Å². The molecule has 4 aliphatic rings. The number of carbonyl (C=O) groups is 3. The minimum Gasteiger partial charge on any atom is -0.481 e. The molecule has 8 rings (SSSR count). The standard InChI is InChI=1S/C16H17N5O.C8H10ClN3.C8H8N2O.C2H4O2/c1-9-8-17-16(21-15(9)18-11-2-3-11)19-12-4-5-13-10(6-12)7-14(22)20-13;1-5-4-10-8(9)12-7(5)11-6-2-3-6;9-6-1-2-7-5(3-6)4-8(11)10-7;1-2(3)4/h4-6,8,11H,2-3,7H2,1H3,(H,20,22)(H2,17,18,19,21);4,6H,2-3H2,1H3,(H,10,11,12);1-3H,4,9H2,(H,10,11);1H3,(H,3,4). The number of carbonyl (C=O) groups excluding carboxylic acids is 2. The molecule has 256 valence electrons. The van der Waals surface area contributed by atoms with Gasteiger partial charge < -0.3 is 37.4 Å². The number of nitrogens with one attached hydrogen (secondary N) is 5. The molecular formula is C34H39ClN10O4. The second kappa shape index (κ2) is 15.6. The lowest BCUT2D eigenvalue weighted by Crippen LogP contribution is -2.07. The van der Waals surface area contributed by atoms with Gasteiger partial charge in [0.05, 0.1) is 12.8 Å². The molecule has 0 unspecified atom stereocenters. The summed E-state index contributed by atoms with van der Waals surface area (Å²) in [4.78, 5) is 48.1. The molecule has 0 bridgehead atoms. The Morgan fingerprint density at radius 2 is 1.35 bits per heavy atom. The molecule has 49 heavy (non-hydrogen) atoms. The predicted octanol–water partition coefficient (Wildman–Crippen LogP) is 5.46. The van der Waals surface area contributed by atoms with Crippen molar-refractivity contribution in [2.45, 2.75) is 71.4 Å². The van der Waals surface area contributed by atoms with Gasteiger partial charge in [0.2, 0.25) is 23.0 Å². The number of nitrogens with zero attached hydrogens (tertiary/aromatic N) is 4. The number of aryl methyl sites for hydroxylation is 2. The predicted molar refractivity (Wildman–Crippen MR) is 190 cm³/mol. The molecular weight excluding hydrogens is 648 g/mol. The summed E-state index contributed by atoms with van der Waals surface area (Å²) < 4.78 is 0. The summed E-state index contributed by atoms with van der Waals surface area (Å²) in [6.07, 6.45) is 9.32. The minimum absolute atomic E-state index is 0.0367. The highest BCUT2D eigenvalue weighted by molar-refractivity contribution is 6.28. The molecule has 2 saturated carbocycles. The van der Waals surface area contributed by atoms with Gasteiger partial charge in [-0.1, -0.05) is 0 Å². The van der Waals surface area contributed by atoms with Crippen molar-refractivity contribution in [3.8, 4) is 0 Å². The Morgan fingerprint density at radius 3 is 1.92 bits per heavy atom. The van der Waals surface area contributed by atoms with E-state index in [1.165, 1.54) is 25.7 Å². The zero-order valence-corrected chi connectivity index (χ0v) is 28.2. The number of anilines is 7. The molecule has 2 aromatic carbocycles. The lowest BCUT2D eigenvalue weighted by atomic mass is 10.1. The van der Waals surface area contributed by atoms with Crippen LogP contribution in [0.2, 0.25) is 5.28 Å². The van der Waals surface area contributed by atoms with Gasteiger partial charge in [-0.05, 0) is 98.7 Å². The SMILES string of the molecule is CC(=O)O.Cc1cnc(Cl)nc1NC1CC1.Cc1cnc(Nc2ccc3c(c2)CC(=O)N3)nc1NC1CC1.Nc1ccc2c(c1)CC(=O)N2. The van der Waals surface area contributed by atoms with Crippen molar-refractivity contribution >= 4 is 69.7 Å². The van der Waals surface area contributed by atoms with Crippen molar-refractivity contribution in [1.29, 1.82) is 0 Å². The summed E-state index contributed by atoms with van der Waals surface area (Å²) >= 11 is 5.66. The number of hydrogen-bond acceptors (Lipinski definition) is 11. The molecule has 2 aliphatic heterocycles. The third-order valence-corrected chi connectivity index (χ3v) is 7.67. The Balaban J connectivity index is 0.000000147. The van der Waals surface area contributed by atoms with Crippen molar-refractivity contribution in [2.75, 3.05) is 32.3 Å². The summed E-state index contributed by atoms with van der Waals surface area (Å²) in [5, 5.41) is 23.2. The number of fused-ring (bicyclic) bond motifs is 2. The smallest absolute Gasteiger partial charge is 0.300 e. The molecule has 2 aromatic heterocycles. The maximum atomic E-state index is 11.4. The van der Waals surface area contributed by atoms with E-state index in [0.717, 1.165) is 57.9 Å². The van der Waals surface area contributed by atoms with Gasteiger partial charge in [0.25, 0.3) is 5.97 Å². The van der Waals surface area contributed by atoms with Crippen LogP contribution >= 0.6 is 11.6 Å². The van der Waals surface area contributed by atoms with Crippen LogP contribution in [0.15, 0.2) is 48.8 Å². The number of benzene rings is 2. The van der Waals surface area contributed by atoms with Gasteiger partial charge in [0, 0.05) is 65.3 Å². The number of aliphatic carboxylic acids is 1. The van der Waals surface area contributed by atoms with E-state index >= 15 is 0 Å². The van der Waals surface area contributed by atoms with Crippen molar-refractivity contribution < 1.29 is 19.5 Å². The molecule has 2 fully saturated rings. The first-order valence-electron chi connectivity index (χ1n) is 15.8. The number of halogens is 1. The van der Waals surface area contributed by atoms with Gasteiger partial charge in [-0.2, -0.15) is 4.98 Å². The summed E-state index contributed by atoms with van der Waals surface area (Å²) in [5.74, 6) is 1.57. The fourth-order valence-corrected chi connectivity index (χ4v) is 4.88. The van der Waals surface area contributed by atoms with E-state index in [1.54, 1.807) is 12.3 Å². The van der Waals surface area contributed by atoms with Crippen LogP contribution in [-0.2, 0) is 27.2 Å². The van der Waals surface area contributed by atoms with E-state index in [-0.39, 0.29) is 11.8 Å². The number of carboxylic acid groups (broad SMARTS) is 1. The van der Waals surface area contributed by atoms with Gasteiger partial charge in [0.15, 0.2) is 0 Å². The lowest BCUT2D eigenvalue weighted by molar-refractivity contribution is -0.134. The van der Waals surface area contributed by atoms with Crippen LogP contribution in [0.3, 0.4) is 0 Å². The van der Waals surface area contributed by atoms with Crippen LogP contribution in [0.25, 0.3) is 0 Å². The molecule has 0 saturated heterocycles. The third-order valence-electron chi connectivity index (χ3n) is 7.49. The molecule has 8 N–H and O–H groups in total. The van der Waals surface area contributed by atoms with Crippen molar-refractivity contribution in [3.63, 3.8) is 0 Å². The fraction of sp³-hybridized carbons (Fsp3) is 0.324. The number of rotatable bonds is 6. The van der Waals surface area contributed by atoms with Crippen molar-refractivity contribution in [1.82, 2.24) is 19.9 Å². The molecule has 4 aromatic rings. The number of aromatic nitrogens is 4. The zero-order valence-electron chi connectivity index (χ0n) is 27.4. The molecule has 15 heteroatoms. The highest BCUT2D eigenvalue weighted by atomic mass is 35.5. The summed E-state index contributed by atoms with van der Waals surface area (Å²) in [6, 6.07) is 12.4. The van der Waals surface area contributed by atoms with E-state index in [0.29, 0.717) is 41.8 Å². The number of nitrogen functional groups attached to an aromatic ring is 1. The third kappa shape index (κ3) is 10.8. The van der Waals surface area contributed by atoms with Gasteiger partial charge in [-0.3, -0.25) is 14.4 Å². The topological polar surface area (TPSA) is 209 Å². The van der Waals surface area contributed by atoms with Gasteiger partial charge in [0.1, 0.15) is 11.6 Å². The first-order chi connectivity index (χ1) is 23.4. The van der Waals surface area contributed by atoms with Gasteiger partial charge in [-0.25, -0.2) is 15.0 Å². The second-order valence-corrected chi connectivity index (χ2v) is 12.5. The van der Waals surface area contributed by atoms with Crippen LogP contribution in [0.4, 0.5) is 40.3 Å². The Labute approximate surface area is 288 Å². The van der Waals surface area contributed by atoms with E-state index in [2.05, 4.69) is 46.5 Å². The normalized spacial score (nSPS) is 14.9. The number of nitrogens with two attached hydrogens (primary N) is 1. The summed E-state index contributed by atoms with van der Waals surface area (Å²) in [6.45, 7) is 5.06. The lowest BCUT2D eigenvalue weighted by Gasteiger charge is -2.11. The maximum Gasteiger partial charge on any atom is 0.300 e. The molecule has 0 radical (unpaired) electrons. The van der Waals surface area contributed by atoms with Crippen molar-refractivity contribution in [2.24, 2.45) is 0 Å². The maximum absolute atomic E-state index is 11.4. The van der Waals surface area contributed by atoms with E-state index < -0.39 is 5.97 Å². The molecule has 0 spiro atoms. The number of hydrogen-bond donors (Lipinski definition) is 7. The Bertz CT molecular complexity index is 1860. The van der Waals surface area contributed by atoms with Crippen LogP contribution in [0.1, 0.15) is 54.9 Å². The van der Waals surface area contributed by atoms with E-state index in [9.17, 15) is 9.59 Å². The van der Waals surface area contributed by atoms with Crippen molar-refractivity contribution in [3.05, 3.63) is 76.3 Å². The molecule has 2 amide bonds. The molecule has 14 nitrogen and oxygen atoms in total.